The van der Waals surface area contributed by atoms with Gasteiger partial charge in [-0.05, 0) is 30.7 Å². The summed E-state index contributed by atoms with van der Waals surface area (Å²) in [6.45, 7) is 2.02. The maximum absolute atomic E-state index is 12.7. The molecular formula is C22H20BrNO. The van der Waals surface area contributed by atoms with E-state index in [2.05, 4.69) is 33.4 Å². The van der Waals surface area contributed by atoms with Crippen molar-refractivity contribution in [3.63, 3.8) is 0 Å². The summed E-state index contributed by atoms with van der Waals surface area (Å²) >= 11 is 3.50. The monoisotopic (exact) mass is 393 g/mol. The average molecular weight is 394 g/mol. The van der Waals surface area contributed by atoms with Gasteiger partial charge in [0.15, 0.2) is 5.78 Å². The number of aryl methyl sites for hydroxylation is 1. The third-order valence-electron chi connectivity index (χ3n) is 4.13. The van der Waals surface area contributed by atoms with Gasteiger partial charge >= 0.3 is 0 Å². The maximum atomic E-state index is 12.7. The minimum Gasteiger partial charge on any atom is -0.378 e. The van der Waals surface area contributed by atoms with Gasteiger partial charge in [-0.1, -0.05) is 82.2 Å². The fourth-order valence-corrected chi connectivity index (χ4v) is 3.16. The highest BCUT2D eigenvalue weighted by Gasteiger charge is 2.17. The van der Waals surface area contributed by atoms with Gasteiger partial charge in [0.1, 0.15) is 0 Å². The van der Waals surface area contributed by atoms with E-state index in [1.165, 1.54) is 0 Å². The minimum atomic E-state index is -0.0793. The molecule has 2 nitrogen and oxygen atoms in total. The molecule has 3 aromatic rings. The fourth-order valence-electron chi connectivity index (χ4n) is 2.76. The van der Waals surface area contributed by atoms with Crippen LogP contribution in [0.5, 0.6) is 0 Å². The number of ketones is 1. The van der Waals surface area contributed by atoms with Gasteiger partial charge in [0.2, 0.25) is 0 Å². The first-order chi connectivity index (χ1) is 12.1. The molecule has 0 aliphatic rings. The van der Waals surface area contributed by atoms with Gasteiger partial charge in [-0.15, -0.1) is 0 Å². The van der Waals surface area contributed by atoms with Crippen LogP contribution in [-0.4, -0.2) is 5.78 Å². The second kappa shape index (κ2) is 8.13. The summed E-state index contributed by atoms with van der Waals surface area (Å²) in [6.07, 6.45) is 0.402. The summed E-state index contributed by atoms with van der Waals surface area (Å²) in [7, 11) is 0. The van der Waals surface area contributed by atoms with E-state index in [0.717, 1.165) is 26.9 Å². The molecule has 3 aromatic carbocycles. The van der Waals surface area contributed by atoms with Gasteiger partial charge in [0, 0.05) is 22.1 Å². The van der Waals surface area contributed by atoms with Crippen LogP contribution in [0.15, 0.2) is 83.3 Å². The predicted molar refractivity (Wildman–Crippen MR) is 107 cm³/mol. The Morgan fingerprint density at radius 2 is 1.68 bits per heavy atom. The van der Waals surface area contributed by atoms with Crippen LogP contribution in [0.3, 0.4) is 0 Å². The molecule has 0 heterocycles. The highest BCUT2D eigenvalue weighted by molar-refractivity contribution is 9.10. The average Bonchev–Trinajstić information content (AvgIpc) is 2.62. The number of carbonyl (C=O) groups is 1. The zero-order valence-electron chi connectivity index (χ0n) is 14.1. The molecule has 3 heteroatoms. The number of hydrogen-bond donors (Lipinski definition) is 1. The van der Waals surface area contributed by atoms with Crippen LogP contribution in [0.4, 0.5) is 5.69 Å². The van der Waals surface area contributed by atoms with Gasteiger partial charge < -0.3 is 5.32 Å². The lowest BCUT2D eigenvalue weighted by Gasteiger charge is -2.20. The summed E-state index contributed by atoms with van der Waals surface area (Å²) in [5, 5.41) is 3.50. The number of rotatable bonds is 6. The Morgan fingerprint density at radius 3 is 2.36 bits per heavy atom. The molecule has 0 aliphatic carbocycles. The van der Waals surface area contributed by atoms with Crippen molar-refractivity contribution in [3.05, 3.63) is 100 Å². The largest absolute Gasteiger partial charge is 0.378 e. The van der Waals surface area contributed by atoms with E-state index in [9.17, 15) is 4.79 Å². The van der Waals surface area contributed by atoms with E-state index >= 15 is 0 Å². The lowest BCUT2D eigenvalue weighted by atomic mass is 9.97. The summed E-state index contributed by atoms with van der Waals surface area (Å²) in [5.41, 5.74) is 3.99. The fraction of sp³-hybridized carbons (Fsp3) is 0.136. The van der Waals surface area contributed by atoms with E-state index < -0.39 is 0 Å². The van der Waals surface area contributed by atoms with Crippen molar-refractivity contribution < 1.29 is 4.79 Å². The first kappa shape index (κ1) is 17.4. The topological polar surface area (TPSA) is 29.1 Å². The molecule has 3 rings (SSSR count). The van der Waals surface area contributed by atoms with Crippen molar-refractivity contribution in [3.8, 4) is 0 Å². The van der Waals surface area contributed by atoms with E-state index in [1.54, 1.807) is 0 Å². The van der Waals surface area contributed by atoms with Crippen LogP contribution < -0.4 is 5.32 Å². The molecule has 0 spiro atoms. The van der Waals surface area contributed by atoms with Crippen LogP contribution in [0.1, 0.15) is 33.9 Å². The second-order valence-corrected chi connectivity index (χ2v) is 7.03. The lowest BCUT2D eigenvalue weighted by molar-refractivity contribution is 0.0976. The second-order valence-electron chi connectivity index (χ2n) is 6.11. The van der Waals surface area contributed by atoms with Gasteiger partial charge in [-0.2, -0.15) is 0 Å². The number of nitrogens with one attached hydrogen (secondary N) is 1. The predicted octanol–water partition coefficient (Wildman–Crippen LogP) is 6.18. The Balaban J connectivity index is 1.83. The standard InChI is InChI=1S/C22H20BrNO/c1-16-10-12-18(13-11-16)22(25)15-21(17-6-3-2-4-7-17)24-20-9-5-8-19(23)14-20/h2-14,21,24H,15H2,1H3/t21-/m0/s1. The number of carbonyl (C=O) groups excluding carboxylic acids is 1. The Bertz CT molecular complexity index is 843. The molecule has 0 aliphatic heterocycles. The molecule has 0 bridgehead atoms. The van der Waals surface area contributed by atoms with Crippen LogP contribution in [0.25, 0.3) is 0 Å². The normalized spacial score (nSPS) is 11.8. The quantitative estimate of drug-likeness (QED) is 0.506. The highest BCUT2D eigenvalue weighted by atomic mass is 79.9. The van der Waals surface area contributed by atoms with Crippen LogP contribution in [0, 0.1) is 6.92 Å². The van der Waals surface area contributed by atoms with Gasteiger partial charge in [-0.25, -0.2) is 0 Å². The molecule has 0 fully saturated rings. The van der Waals surface area contributed by atoms with Crippen molar-refractivity contribution in [1.82, 2.24) is 0 Å². The first-order valence-electron chi connectivity index (χ1n) is 8.29. The number of anilines is 1. The van der Waals surface area contributed by atoms with E-state index in [4.69, 9.17) is 0 Å². The summed E-state index contributed by atoms with van der Waals surface area (Å²) in [5.74, 6) is 0.136. The van der Waals surface area contributed by atoms with Crippen molar-refractivity contribution in [1.29, 1.82) is 0 Å². The first-order valence-corrected chi connectivity index (χ1v) is 9.08. The van der Waals surface area contributed by atoms with Gasteiger partial charge in [0.05, 0.1) is 6.04 Å². The number of hydrogen-bond acceptors (Lipinski definition) is 2. The van der Waals surface area contributed by atoms with Crippen LogP contribution in [-0.2, 0) is 0 Å². The van der Waals surface area contributed by atoms with E-state index in [1.807, 2.05) is 73.7 Å². The lowest BCUT2D eigenvalue weighted by Crippen LogP contribution is -2.15. The molecule has 1 N–H and O–H groups in total. The molecule has 126 valence electrons. The Morgan fingerprint density at radius 1 is 0.960 bits per heavy atom. The molecule has 0 unspecified atom stereocenters. The molecule has 1 atom stereocenters. The summed E-state index contributed by atoms with van der Waals surface area (Å²) < 4.78 is 1.01. The van der Waals surface area contributed by atoms with E-state index in [-0.39, 0.29) is 11.8 Å². The molecule has 0 aromatic heterocycles. The third-order valence-corrected chi connectivity index (χ3v) is 4.62. The molecule has 0 amide bonds. The van der Waals surface area contributed by atoms with Crippen molar-refractivity contribution in [2.45, 2.75) is 19.4 Å². The summed E-state index contributed by atoms with van der Waals surface area (Å²) in [6, 6.07) is 25.8. The van der Waals surface area contributed by atoms with Crippen molar-refractivity contribution in [2.24, 2.45) is 0 Å². The minimum absolute atomic E-state index is 0.0793. The Labute approximate surface area is 157 Å². The zero-order chi connectivity index (χ0) is 17.6. The smallest absolute Gasteiger partial charge is 0.165 e. The van der Waals surface area contributed by atoms with Gasteiger partial charge in [0.25, 0.3) is 0 Å². The molecule has 0 radical (unpaired) electrons. The van der Waals surface area contributed by atoms with Crippen LogP contribution >= 0.6 is 15.9 Å². The molecule has 0 saturated carbocycles. The molecule has 25 heavy (non-hydrogen) atoms. The zero-order valence-corrected chi connectivity index (χ0v) is 15.7. The Kier molecular flexibility index (Phi) is 5.67. The van der Waals surface area contributed by atoms with Crippen molar-refractivity contribution >= 4 is 27.4 Å². The SMILES string of the molecule is Cc1ccc(C(=O)C[C@H](Nc2cccc(Br)c2)c2ccccc2)cc1. The van der Waals surface area contributed by atoms with Crippen LogP contribution in [0.2, 0.25) is 0 Å². The summed E-state index contributed by atoms with van der Waals surface area (Å²) in [4.78, 5) is 12.7. The van der Waals surface area contributed by atoms with E-state index in [0.29, 0.717) is 6.42 Å². The Hall–Kier alpha value is -2.39. The third kappa shape index (κ3) is 4.80. The number of halogens is 1. The molecule has 0 saturated heterocycles. The highest BCUT2D eigenvalue weighted by Crippen LogP contribution is 2.26. The maximum Gasteiger partial charge on any atom is 0.165 e. The molecular weight excluding hydrogens is 374 g/mol. The van der Waals surface area contributed by atoms with Crippen molar-refractivity contribution in [2.75, 3.05) is 5.32 Å². The number of benzene rings is 3. The van der Waals surface area contributed by atoms with Gasteiger partial charge in [-0.3, -0.25) is 4.79 Å². The number of Topliss-reactive ketones (excluding diaryl/α,β-unsaturated/α-hetero) is 1.